The number of alkyl halides is 2. The van der Waals surface area contributed by atoms with E-state index in [2.05, 4.69) is 0 Å². The van der Waals surface area contributed by atoms with Gasteiger partial charge in [0.2, 0.25) is 0 Å². The van der Waals surface area contributed by atoms with Crippen molar-refractivity contribution in [2.45, 2.75) is 37.3 Å². The van der Waals surface area contributed by atoms with Crippen LogP contribution in [0.2, 0.25) is 0 Å². The van der Waals surface area contributed by atoms with Gasteiger partial charge in [-0.1, -0.05) is 0 Å². The van der Waals surface area contributed by atoms with Crippen LogP contribution in [0.25, 0.3) is 0 Å². The first-order valence-corrected chi connectivity index (χ1v) is 4.06. The molecule has 1 rings (SSSR count). The van der Waals surface area contributed by atoms with Crippen molar-refractivity contribution in [3.05, 3.63) is 0 Å². The van der Waals surface area contributed by atoms with E-state index in [1.165, 1.54) is 0 Å². The van der Waals surface area contributed by atoms with E-state index >= 15 is 0 Å². The summed E-state index contributed by atoms with van der Waals surface area (Å²) < 4.78 is 26.1. The van der Waals surface area contributed by atoms with E-state index in [0.717, 1.165) is 0 Å². The van der Waals surface area contributed by atoms with Crippen LogP contribution in [-0.4, -0.2) is 29.2 Å². The Labute approximate surface area is 86.3 Å². The number of hydrogen-bond donors (Lipinski definition) is 3. The number of hydrogen-bond acceptors (Lipinski definition) is 2. The number of carboxylic acid groups (broad SMARTS) is 1. The monoisotopic (exact) mass is 230 g/mol. The lowest BCUT2D eigenvalue weighted by atomic mass is 9.87. The highest BCUT2D eigenvalue weighted by Crippen LogP contribution is 2.32. The Morgan fingerprint density at radius 3 is 2.57 bits per heavy atom. The molecule has 1 fully saturated rings. The molecule has 14 heavy (non-hydrogen) atoms. The zero-order valence-corrected chi connectivity index (χ0v) is 8.19. The molecule has 1 saturated carbocycles. The van der Waals surface area contributed by atoms with Gasteiger partial charge in [0, 0.05) is 12.5 Å². The molecule has 4 N–H and O–H groups in total. The third-order valence-corrected chi connectivity index (χ3v) is 2.21. The van der Waals surface area contributed by atoms with Crippen molar-refractivity contribution in [2.24, 2.45) is 5.73 Å². The van der Waals surface area contributed by atoms with E-state index in [1.54, 1.807) is 5.32 Å². The minimum Gasteiger partial charge on any atom is -0.465 e. The van der Waals surface area contributed by atoms with Gasteiger partial charge >= 0.3 is 6.09 Å². The highest BCUT2D eigenvalue weighted by atomic mass is 35.5. The lowest BCUT2D eigenvalue weighted by Crippen LogP contribution is -2.59. The molecule has 0 radical (unpaired) electrons. The Balaban J connectivity index is 0.00000169. The largest absolute Gasteiger partial charge is 0.465 e. The molecule has 4 nitrogen and oxygen atoms in total. The first kappa shape index (κ1) is 13.4. The zero-order chi connectivity index (χ0) is 10.1. The maximum absolute atomic E-state index is 13.1. The Hall–Kier alpha value is -0.620. The molecule has 0 heterocycles. The standard InChI is InChI=1S/C7H12F2N2O2.ClH/c8-7(9)3-1-2-4(10)5(7)11-6(12)13;/h4-5,11H,1-3,10H2,(H,12,13);1H/t4-,5+;/m1./s1. The summed E-state index contributed by atoms with van der Waals surface area (Å²) in [5, 5.41) is 10.1. The van der Waals surface area contributed by atoms with Crippen molar-refractivity contribution in [2.75, 3.05) is 0 Å². The van der Waals surface area contributed by atoms with E-state index in [0.29, 0.717) is 12.8 Å². The number of amides is 1. The van der Waals surface area contributed by atoms with Crippen LogP contribution in [-0.2, 0) is 0 Å². The van der Waals surface area contributed by atoms with Gasteiger partial charge in [0.05, 0.1) is 0 Å². The molecular formula is C7H13ClF2N2O2. The van der Waals surface area contributed by atoms with Crippen LogP contribution in [0.1, 0.15) is 19.3 Å². The van der Waals surface area contributed by atoms with E-state index in [9.17, 15) is 13.6 Å². The van der Waals surface area contributed by atoms with E-state index in [-0.39, 0.29) is 18.8 Å². The average Bonchev–Trinajstić information content (AvgIpc) is 1.96. The van der Waals surface area contributed by atoms with Crippen molar-refractivity contribution < 1.29 is 18.7 Å². The first-order chi connectivity index (χ1) is 5.93. The predicted molar refractivity (Wildman–Crippen MR) is 49.0 cm³/mol. The molecule has 1 aliphatic rings. The van der Waals surface area contributed by atoms with Crippen LogP contribution >= 0.6 is 12.4 Å². The molecule has 0 spiro atoms. The molecule has 0 aliphatic heterocycles. The molecule has 0 saturated heterocycles. The maximum Gasteiger partial charge on any atom is 0.405 e. The van der Waals surface area contributed by atoms with E-state index in [4.69, 9.17) is 10.8 Å². The van der Waals surface area contributed by atoms with Gasteiger partial charge in [-0.05, 0) is 12.8 Å². The molecule has 0 unspecified atom stereocenters. The third-order valence-electron chi connectivity index (χ3n) is 2.21. The van der Waals surface area contributed by atoms with Crippen LogP contribution in [0.4, 0.5) is 13.6 Å². The van der Waals surface area contributed by atoms with Crippen molar-refractivity contribution in [1.29, 1.82) is 0 Å². The molecule has 0 aromatic rings. The van der Waals surface area contributed by atoms with Crippen LogP contribution in [0.15, 0.2) is 0 Å². The number of rotatable bonds is 1. The smallest absolute Gasteiger partial charge is 0.405 e. The molecular weight excluding hydrogens is 218 g/mol. The summed E-state index contributed by atoms with van der Waals surface area (Å²) in [7, 11) is 0. The number of nitrogens with two attached hydrogens (primary N) is 1. The Morgan fingerprint density at radius 1 is 1.57 bits per heavy atom. The predicted octanol–water partition coefficient (Wildman–Crippen LogP) is 1.19. The third kappa shape index (κ3) is 2.95. The normalized spacial score (nSPS) is 30.2. The summed E-state index contributed by atoms with van der Waals surface area (Å²) in [5.74, 6) is -3.02. The molecule has 2 atom stereocenters. The molecule has 0 bridgehead atoms. The number of halogens is 3. The van der Waals surface area contributed by atoms with Gasteiger partial charge in [0.1, 0.15) is 6.04 Å². The van der Waals surface area contributed by atoms with Gasteiger partial charge in [0.25, 0.3) is 5.92 Å². The minimum atomic E-state index is -3.02. The average molecular weight is 231 g/mol. The van der Waals surface area contributed by atoms with E-state index < -0.39 is 24.1 Å². The van der Waals surface area contributed by atoms with Crippen LogP contribution in [0.3, 0.4) is 0 Å². The first-order valence-electron chi connectivity index (χ1n) is 4.06. The topological polar surface area (TPSA) is 75.3 Å². The SMILES string of the molecule is Cl.N[C@@H]1CCCC(F)(F)[C@H]1NC(=O)O. The van der Waals surface area contributed by atoms with Crippen molar-refractivity contribution in [3.63, 3.8) is 0 Å². The highest BCUT2D eigenvalue weighted by molar-refractivity contribution is 5.85. The summed E-state index contributed by atoms with van der Waals surface area (Å²) in [6.07, 6.45) is -0.986. The molecule has 1 aliphatic carbocycles. The quantitative estimate of drug-likeness (QED) is 0.633. The Bertz CT molecular complexity index is 216. The minimum absolute atomic E-state index is 0. The molecule has 0 aromatic heterocycles. The summed E-state index contributed by atoms with van der Waals surface area (Å²) in [6, 6.07) is -2.24. The van der Waals surface area contributed by atoms with Gasteiger partial charge in [-0.3, -0.25) is 0 Å². The second-order valence-corrected chi connectivity index (χ2v) is 3.24. The van der Waals surface area contributed by atoms with Crippen molar-refractivity contribution >= 4 is 18.5 Å². The number of carbonyl (C=O) groups is 1. The fourth-order valence-electron chi connectivity index (χ4n) is 1.55. The highest BCUT2D eigenvalue weighted by Gasteiger charge is 2.46. The van der Waals surface area contributed by atoms with Gasteiger partial charge in [-0.2, -0.15) is 0 Å². The Kier molecular flexibility index (Phi) is 4.54. The lowest BCUT2D eigenvalue weighted by Gasteiger charge is -2.35. The van der Waals surface area contributed by atoms with Crippen LogP contribution in [0.5, 0.6) is 0 Å². The molecule has 84 valence electrons. The lowest BCUT2D eigenvalue weighted by molar-refractivity contribution is -0.0679. The number of nitrogens with one attached hydrogen (secondary N) is 1. The van der Waals surface area contributed by atoms with E-state index in [1.807, 2.05) is 0 Å². The summed E-state index contributed by atoms with van der Waals surface area (Å²) in [5.41, 5.74) is 5.40. The van der Waals surface area contributed by atoms with Gasteiger partial charge in [0.15, 0.2) is 0 Å². The molecule has 7 heteroatoms. The molecule has 1 amide bonds. The second kappa shape index (κ2) is 4.75. The van der Waals surface area contributed by atoms with Crippen LogP contribution in [0, 0.1) is 0 Å². The second-order valence-electron chi connectivity index (χ2n) is 3.24. The fourth-order valence-corrected chi connectivity index (χ4v) is 1.55. The van der Waals surface area contributed by atoms with Gasteiger partial charge in [-0.15, -0.1) is 12.4 Å². The fraction of sp³-hybridized carbons (Fsp3) is 0.857. The summed E-state index contributed by atoms with van der Waals surface area (Å²) in [4.78, 5) is 10.2. The maximum atomic E-state index is 13.1. The summed E-state index contributed by atoms with van der Waals surface area (Å²) >= 11 is 0. The van der Waals surface area contributed by atoms with Crippen LogP contribution < -0.4 is 11.1 Å². The van der Waals surface area contributed by atoms with Gasteiger partial charge < -0.3 is 16.2 Å². The Morgan fingerprint density at radius 2 is 2.14 bits per heavy atom. The van der Waals surface area contributed by atoms with Crippen molar-refractivity contribution in [1.82, 2.24) is 5.32 Å². The molecule has 0 aromatic carbocycles. The van der Waals surface area contributed by atoms with Gasteiger partial charge in [-0.25, -0.2) is 13.6 Å². The summed E-state index contributed by atoms with van der Waals surface area (Å²) in [6.45, 7) is 0. The zero-order valence-electron chi connectivity index (χ0n) is 7.37. The van der Waals surface area contributed by atoms with Crippen molar-refractivity contribution in [3.8, 4) is 0 Å².